The summed E-state index contributed by atoms with van der Waals surface area (Å²) in [7, 11) is 0.898. The molecule has 84 valence electrons. The second-order valence-corrected chi connectivity index (χ2v) is 9.38. The Balaban J connectivity index is 2.36. The highest BCUT2D eigenvalue weighted by Gasteiger charge is 2.21. The molecule has 0 N–H and O–H groups in total. The lowest BCUT2D eigenvalue weighted by Crippen LogP contribution is -2.34. The summed E-state index contributed by atoms with van der Waals surface area (Å²) in [6.07, 6.45) is 5.53. The van der Waals surface area contributed by atoms with Crippen LogP contribution in [0.5, 0.6) is 0 Å². The van der Waals surface area contributed by atoms with Crippen LogP contribution in [0.15, 0.2) is 0 Å². The highest BCUT2D eigenvalue weighted by molar-refractivity contribution is 6.71. The van der Waals surface area contributed by atoms with Gasteiger partial charge < -0.3 is 9.33 Å². The Morgan fingerprint density at radius 1 is 1.00 bits per heavy atom. The zero-order chi connectivity index (χ0) is 10.4. The van der Waals surface area contributed by atoms with Crippen molar-refractivity contribution < 1.29 is 4.43 Å². The number of rotatable bonds is 0. The van der Waals surface area contributed by atoms with Gasteiger partial charge in [0, 0.05) is 13.2 Å². The molecule has 2 nitrogen and oxygen atoms in total. The fraction of sp³-hybridized carbons (Fsp3) is 1.00. The van der Waals surface area contributed by atoms with E-state index in [1.807, 2.05) is 0 Å². The number of hydrogen-bond acceptors (Lipinski definition) is 2. The molecule has 3 heteroatoms. The molecule has 0 saturated carbocycles. The van der Waals surface area contributed by atoms with Crippen molar-refractivity contribution in [2.75, 3.05) is 26.7 Å². The minimum atomic E-state index is -1.31. The van der Waals surface area contributed by atoms with Gasteiger partial charge in [0.15, 0.2) is 8.32 Å². The van der Waals surface area contributed by atoms with Crippen molar-refractivity contribution in [2.24, 2.45) is 0 Å². The Labute approximate surface area is 89.8 Å². The summed E-state index contributed by atoms with van der Waals surface area (Å²) in [4.78, 5) is 2.40. The maximum absolute atomic E-state index is 6.03. The van der Waals surface area contributed by atoms with E-state index >= 15 is 0 Å². The first-order valence-corrected chi connectivity index (χ1v) is 9.04. The summed E-state index contributed by atoms with van der Waals surface area (Å²) >= 11 is 0. The van der Waals surface area contributed by atoms with E-state index in [0.717, 1.165) is 13.2 Å². The van der Waals surface area contributed by atoms with Crippen molar-refractivity contribution in [1.82, 2.24) is 4.90 Å². The van der Waals surface area contributed by atoms with Gasteiger partial charge in [0.2, 0.25) is 0 Å². The van der Waals surface area contributed by atoms with Crippen molar-refractivity contribution in [1.29, 1.82) is 0 Å². The SMILES string of the molecule is CN1CCCCCC[Si](C)(C)OCC1. The molecule has 1 saturated heterocycles. The summed E-state index contributed by atoms with van der Waals surface area (Å²) in [6, 6.07) is 1.34. The lowest BCUT2D eigenvalue weighted by atomic mass is 10.2. The standard InChI is InChI=1S/C11H25NOSi/c1-12-8-6-4-5-7-11-14(2,3)13-10-9-12/h4-11H2,1-3H3. The predicted octanol–water partition coefficient (Wildman–Crippen LogP) is 2.71. The molecule has 0 bridgehead atoms. The first-order valence-electron chi connectivity index (χ1n) is 5.93. The molecule has 0 aromatic rings. The Bertz CT molecular complexity index is 161. The second kappa shape index (κ2) is 5.88. The molecule has 1 heterocycles. The van der Waals surface area contributed by atoms with Crippen molar-refractivity contribution >= 4 is 8.32 Å². The summed E-state index contributed by atoms with van der Waals surface area (Å²) < 4.78 is 6.03. The van der Waals surface area contributed by atoms with Crippen LogP contribution in [0.25, 0.3) is 0 Å². The van der Waals surface area contributed by atoms with E-state index in [0.29, 0.717) is 0 Å². The molecule has 0 aromatic carbocycles. The molecule has 1 aliphatic rings. The minimum absolute atomic E-state index is 0.940. The number of likely N-dealkylation sites (N-methyl/N-ethyl adjacent to an activating group) is 1. The van der Waals surface area contributed by atoms with E-state index in [4.69, 9.17) is 4.43 Å². The molecule has 14 heavy (non-hydrogen) atoms. The molecule has 0 aliphatic carbocycles. The average Bonchev–Trinajstić information content (AvgIpc) is 2.12. The van der Waals surface area contributed by atoms with Crippen molar-refractivity contribution in [3.8, 4) is 0 Å². The monoisotopic (exact) mass is 215 g/mol. The Kier molecular flexibility index (Phi) is 5.13. The Morgan fingerprint density at radius 3 is 2.50 bits per heavy atom. The zero-order valence-electron chi connectivity index (χ0n) is 10.0. The van der Waals surface area contributed by atoms with Gasteiger partial charge in [-0.25, -0.2) is 0 Å². The van der Waals surface area contributed by atoms with Crippen LogP contribution in [0.2, 0.25) is 19.1 Å². The fourth-order valence-electron chi connectivity index (χ4n) is 1.95. The van der Waals surface area contributed by atoms with Crippen LogP contribution in [0, 0.1) is 0 Å². The van der Waals surface area contributed by atoms with Gasteiger partial charge in [-0.1, -0.05) is 19.3 Å². The van der Waals surface area contributed by atoms with E-state index in [-0.39, 0.29) is 0 Å². The molecule has 0 aromatic heterocycles. The summed E-state index contributed by atoms with van der Waals surface area (Å²) in [5.41, 5.74) is 0. The Morgan fingerprint density at radius 2 is 1.71 bits per heavy atom. The van der Waals surface area contributed by atoms with Gasteiger partial charge in [-0.15, -0.1) is 0 Å². The highest BCUT2D eigenvalue weighted by atomic mass is 28.4. The van der Waals surface area contributed by atoms with Crippen LogP contribution in [-0.4, -0.2) is 40.0 Å². The molecule has 1 fully saturated rings. The van der Waals surface area contributed by atoms with Gasteiger partial charge in [-0.2, -0.15) is 0 Å². The first kappa shape index (κ1) is 12.2. The van der Waals surface area contributed by atoms with Gasteiger partial charge in [-0.05, 0) is 39.2 Å². The van der Waals surface area contributed by atoms with Crippen LogP contribution in [0.4, 0.5) is 0 Å². The molecule has 1 aliphatic heterocycles. The van der Waals surface area contributed by atoms with E-state index < -0.39 is 8.32 Å². The summed E-state index contributed by atoms with van der Waals surface area (Å²) in [6.45, 7) is 7.99. The van der Waals surface area contributed by atoms with Crippen LogP contribution in [0.1, 0.15) is 25.7 Å². The van der Waals surface area contributed by atoms with Crippen molar-refractivity contribution in [3.63, 3.8) is 0 Å². The van der Waals surface area contributed by atoms with Crippen molar-refractivity contribution in [2.45, 2.75) is 44.8 Å². The molecule has 0 unspecified atom stereocenters. The molecular weight excluding hydrogens is 190 g/mol. The quantitative estimate of drug-likeness (QED) is 0.576. The third-order valence-corrected chi connectivity index (χ3v) is 5.58. The maximum atomic E-state index is 6.03. The summed E-state index contributed by atoms with van der Waals surface area (Å²) in [5, 5.41) is 0. The normalized spacial score (nSPS) is 26.8. The third kappa shape index (κ3) is 5.13. The van der Waals surface area contributed by atoms with Crippen LogP contribution >= 0.6 is 0 Å². The second-order valence-electron chi connectivity index (χ2n) is 5.08. The molecule has 0 spiro atoms. The largest absolute Gasteiger partial charge is 0.416 e. The number of hydrogen-bond donors (Lipinski definition) is 0. The van der Waals surface area contributed by atoms with Crippen LogP contribution in [-0.2, 0) is 4.43 Å². The molecule has 0 radical (unpaired) electrons. The maximum Gasteiger partial charge on any atom is 0.186 e. The van der Waals surface area contributed by atoms with Gasteiger partial charge >= 0.3 is 0 Å². The zero-order valence-corrected chi connectivity index (χ0v) is 11.0. The first-order chi connectivity index (χ1) is 6.60. The summed E-state index contributed by atoms with van der Waals surface area (Å²) in [5.74, 6) is 0. The van der Waals surface area contributed by atoms with Gasteiger partial charge in [0.05, 0.1) is 0 Å². The Hall–Kier alpha value is 0.137. The van der Waals surface area contributed by atoms with Gasteiger partial charge in [0.1, 0.15) is 0 Å². The molecule has 1 rings (SSSR count). The lowest BCUT2D eigenvalue weighted by Gasteiger charge is -2.23. The van der Waals surface area contributed by atoms with Gasteiger partial charge in [-0.3, -0.25) is 0 Å². The molecular formula is C11H25NOSi. The molecule has 0 atom stereocenters. The smallest absolute Gasteiger partial charge is 0.186 e. The van der Waals surface area contributed by atoms with E-state index in [9.17, 15) is 0 Å². The average molecular weight is 215 g/mol. The third-order valence-electron chi connectivity index (χ3n) is 3.03. The van der Waals surface area contributed by atoms with Gasteiger partial charge in [0.25, 0.3) is 0 Å². The van der Waals surface area contributed by atoms with Crippen LogP contribution < -0.4 is 0 Å². The predicted molar refractivity (Wildman–Crippen MR) is 64.2 cm³/mol. The minimum Gasteiger partial charge on any atom is -0.416 e. The van der Waals surface area contributed by atoms with E-state index in [1.54, 1.807) is 0 Å². The topological polar surface area (TPSA) is 12.5 Å². The van der Waals surface area contributed by atoms with Crippen LogP contribution in [0.3, 0.4) is 0 Å². The highest BCUT2D eigenvalue weighted by Crippen LogP contribution is 2.17. The van der Waals surface area contributed by atoms with E-state index in [1.165, 1.54) is 38.3 Å². The number of nitrogens with zero attached hydrogens (tertiary/aromatic N) is 1. The molecule has 0 amide bonds. The lowest BCUT2D eigenvalue weighted by molar-refractivity contribution is 0.231. The fourth-order valence-corrected chi connectivity index (χ4v) is 3.84. The van der Waals surface area contributed by atoms with Crippen molar-refractivity contribution in [3.05, 3.63) is 0 Å². The van der Waals surface area contributed by atoms with E-state index in [2.05, 4.69) is 25.0 Å².